The number of imide groups is 1. The first kappa shape index (κ1) is 35.2. The summed E-state index contributed by atoms with van der Waals surface area (Å²) in [4.78, 5) is 42.0. The van der Waals surface area contributed by atoms with Gasteiger partial charge in [-0.1, -0.05) is 41.9 Å². The zero-order chi connectivity index (χ0) is 36.7. The second-order valence-corrected chi connectivity index (χ2v) is 16.8. The van der Waals surface area contributed by atoms with Gasteiger partial charge in [0.2, 0.25) is 0 Å². The molecular weight excluding hydrogens is 678 g/mol. The van der Waals surface area contributed by atoms with Crippen LogP contribution in [0.5, 0.6) is 5.75 Å². The van der Waals surface area contributed by atoms with Crippen LogP contribution in [-0.2, 0) is 34.3 Å². The Morgan fingerprint density at radius 2 is 1.61 bits per heavy atom. The van der Waals surface area contributed by atoms with Gasteiger partial charge in [-0.2, -0.15) is 0 Å². The van der Waals surface area contributed by atoms with Crippen molar-refractivity contribution in [1.82, 2.24) is 10.2 Å². The molecule has 1 saturated heterocycles. The molecule has 4 aliphatic rings. The highest BCUT2D eigenvalue weighted by Crippen LogP contribution is 2.58. The SMILES string of the molecule is CC(C)(C)OC(=O)NC(=O)c1cc2c(c(F)c1-c1c(Cl)c(F)cc3c1C[C@](c1ccccc1)([C@@H]1CCCN1C(=O)OC(C)(C)C)O3)CC1(CC1)C2. The molecule has 0 unspecified atom stereocenters. The molecule has 2 heterocycles. The van der Waals surface area contributed by atoms with Crippen molar-refractivity contribution in [3.8, 4) is 16.9 Å². The van der Waals surface area contributed by atoms with Crippen LogP contribution in [0.4, 0.5) is 18.4 Å². The molecule has 1 N–H and O–H groups in total. The number of rotatable bonds is 4. The maximum Gasteiger partial charge on any atom is 0.414 e. The van der Waals surface area contributed by atoms with Crippen LogP contribution in [-0.4, -0.2) is 46.8 Å². The molecule has 2 fully saturated rings. The van der Waals surface area contributed by atoms with Gasteiger partial charge in [0.25, 0.3) is 5.91 Å². The molecule has 2 aliphatic carbocycles. The third-order valence-electron chi connectivity index (χ3n) is 10.3. The van der Waals surface area contributed by atoms with Crippen LogP contribution in [0.15, 0.2) is 42.5 Å². The lowest BCUT2D eigenvalue weighted by Gasteiger charge is -2.40. The molecule has 0 bridgehead atoms. The number of fused-ring (bicyclic) bond motifs is 2. The number of ether oxygens (including phenoxy) is 3. The van der Waals surface area contributed by atoms with E-state index in [1.807, 2.05) is 30.3 Å². The molecule has 7 rings (SSSR count). The lowest BCUT2D eigenvalue weighted by Crippen LogP contribution is -2.53. The lowest BCUT2D eigenvalue weighted by molar-refractivity contribution is -0.0216. The van der Waals surface area contributed by atoms with E-state index in [1.54, 1.807) is 52.5 Å². The molecule has 0 radical (unpaired) electrons. The second kappa shape index (κ2) is 12.2. The number of amides is 3. The van der Waals surface area contributed by atoms with Gasteiger partial charge < -0.3 is 19.1 Å². The quantitative estimate of drug-likeness (QED) is 0.289. The van der Waals surface area contributed by atoms with Crippen molar-refractivity contribution in [3.05, 3.63) is 86.9 Å². The third-order valence-corrected chi connectivity index (χ3v) is 10.7. The summed E-state index contributed by atoms with van der Waals surface area (Å²) < 4.78 is 51.2. The van der Waals surface area contributed by atoms with Crippen molar-refractivity contribution in [2.45, 2.75) is 109 Å². The number of benzene rings is 3. The third kappa shape index (κ3) is 6.45. The van der Waals surface area contributed by atoms with E-state index in [0.29, 0.717) is 48.9 Å². The predicted molar refractivity (Wildman–Crippen MR) is 188 cm³/mol. The van der Waals surface area contributed by atoms with Crippen molar-refractivity contribution in [2.75, 3.05) is 6.54 Å². The van der Waals surface area contributed by atoms with Crippen molar-refractivity contribution >= 4 is 29.7 Å². The van der Waals surface area contributed by atoms with Crippen LogP contribution >= 0.6 is 11.6 Å². The van der Waals surface area contributed by atoms with E-state index in [4.69, 9.17) is 25.8 Å². The van der Waals surface area contributed by atoms with Gasteiger partial charge in [0.05, 0.1) is 16.6 Å². The fourth-order valence-electron chi connectivity index (χ4n) is 8.06. The molecule has 8 nitrogen and oxygen atoms in total. The Morgan fingerprint density at radius 3 is 2.25 bits per heavy atom. The van der Waals surface area contributed by atoms with Crippen LogP contribution in [0.3, 0.4) is 0 Å². The van der Waals surface area contributed by atoms with Crippen molar-refractivity contribution in [2.24, 2.45) is 5.41 Å². The minimum Gasteiger partial charge on any atom is -0.480 e. The van der Waals surface area contributed by atoms with Gasteiger partial charge in [0, 0.05) is 35.7 Å². The molecule has 11 heteroatoms. The number of hydrogen-bond donors (Lipinski definition) is 1. The Morgan fingerprint density at radius 1 is 0.922 bits per heavy atom. The molecule has 2 aliphatic heterocycles. The van der Waals surface area contributed by atoms with Crippen LogP contribution < -0.4 is 10.1 Å². The van der Waals surface area contributed by atoms with E-state index in [0.717, 1.165) is 18.4 Å². The average Bonchev–Trinajstić information content (AvgIpc) is 3.35. The summed E-state index contributed by atoms with van der Waals surface area (Å²) in [6.07, 6.45) is 2.80. The standard InChI is InChI=1S/C40H43ClF2N2O6/c1-37(2,3)50-35(47)44-34(46)24-17-22-19-39(14-15-39)20-25(22)33(43)31(24)30-26-21-40(23-11-8-7-9-12-23,49-28(26)18-27(42)32(30)41)29-13-10-16-45(29)36(48)51-38(4,5)6/h7-9,11-12,17-18,29H,10,13-16,19-21H2,1-6H3,(H,44,46,47)/t29-,40-/m0/s1. The van der Waals surface area contributed by atoms with Crippen LogP contribution in [0.25, 0.3) is 11.1 Å². The highest BCUT2D eigenvalue weighted by Gasteiger charge is 2.55. The number of carbonyl (C=O) groups is 3. The van der Waals surface area contributed by atoms with Gasteiger partial charge >= 0.3 is 12.2 Å². The number of nitrogens with zero attached hydrogens (tertiary/aromatic N) is 1. The Labute approximate surface area is 301 Å². The molecule has 3 aromatic carbocycles. The Hall–Kier alpha value is -4.18. The average molecular weight is 721 g/mol. The first-order chi connectivity index (χ1) is 23.9. The first-order valence-corrected chi connectivity index (χ1v) is 17.9. The number of carbonyl (C=O) groups excluding carboxylic acids is 3. The summed E-state index contributed by atoms with van der Waals surface area (Å²) in [5.74, 6) is -2.30. The molecule has 270 valence electrons. The monoisotopic (exact) mass is 720 g/mol. The fraction of sp³-hybridized carbons (Fsp3) is 0.475. The summed E-state index contributed by atoms with van der Waals surface area (Å²) in [5, 5.41) is 1.88. The topological polar surface area (TPSA) is 94.2 Å². The normalized spacial score (nSPS) is 21.6. The van der Waals surface area contributed by atoms with E-state index in [-0.39, 0.29) is 39.3 Å². The summed E-state index contributed by atoms with van der Waals surface area (Å²) in [7, 11) is 0. The molecule has 3 aromatic rings. The van der Waals surface area contributed by atoms with Gasteiger partial charge in [0.1, 0.15) is 28.6 Å². The maximum absolute atomic E-state index is 17.2. The van der Waals surface area contributed by atoms with E-state index in [2.05, 4.69) is 5.32 Å². The lowest BCUT2D eigenvalue weighted by atomic mass is 9.79. The first-order valence-electron chi connectivity index (χ1n) is 17.5. The molecule has 2 atom stereocenters. The minimum absolute atomic E-state index is 0.0160. The summed E-state index contributed by atoms with van der Waals surface area (Å²) in [5.41, 5.74) is -1.03. The Bertz CT molecular complexity index is 1950. The van der Waals surface area contributed by atoms with E-state index in [9.17, 15) is 14.4 Å². The minimum atomic E-state index is -1.23. The van der Waals surface area contributed by atoms with Gasteiger partial charge in [0.15, 0.2) is 5.60 Å². The highest BCUT2D eigenvalue weighted by atomic mass is 35.5. The zero-order valence-electron chi connectivity index (χ0n) is 29.8. The molecule has 51 heavy (non-hydrogen) atoms. The van der Waals surface area contributed by atoms with Gasteiger partial charge in [-0.3, -0.25) is 10.1 Å². The molecular formula is C40H43ClF2N2O6. The van der Waals surface area contributed by atoms with E-state index in [1.165, 1.54) is 6.07 Å². The Balaban J connectivity index is 1.39. The molecule has 1 spiro atoms. The fourth-order valence-corrected chi connectivity index (χ4v) is 8.33. The highest BCUT2D eigenvalue weighted by molar-refractivity contribution is 6.34. The number of halogens is 3. The van der Waals surface area contributed by atoms with E-state index < -0.39 is 52.6 Å². The van der Waals surface area contributed by atoms with Crippen molar-refractivity contribution in [1.29, 1.82) is 0 Å². The molecule has 3 amide bonds. The summed E-state index contributed by atoms with van der Waals surface area (Å²) >= 11 is 6.82. The Kier molecular flexibility index (Phi) is 8.44. The summed E-state index contributed by atoms with van der Waals surface area (Å²) in [6, 6.07) is 11.6. The number of likely N-dealkylation sites (tertiary alicyclic amines) is 1. The van der Waals surface area contributed by atoms with Crippen LogP contribution in [0, 0.1) is 17.0 Å². The number of alkyl carbamates (subject to hydrolysis) is 1. The molecule has 1 saturated carbocycles. The molecule has 0 aromatic heterocycles. The van der Waals surface area contributed by atoms with Gasteiger partial charge in [-0.05, 0) is 108 Å². The van der Waals surface area contributed by atoms with E-state index >= 15 is 8.78 Å². The number of hydrogen-bond acceptors (Lipinski definition) is 6. The largest absolute Gasteiger partial charge is 0.480 e. The van der Waals surface area contributed by atoms with Gasteiger partial charge in [-0.25, -0.2) is 18.4 Å². The van der Waals surface area contributed by atoms with Crippen molar-refractivity contribution in [3.63, 3.8) is 0 Å². The predicted octanol–water partition coefficient (Wildman–Crippen LogP) is 9.06. The maximum atomic E-state index is 17.2. The van der Waals surface area contributed by atoms with Crippen molar-refractivity contribution < 1.29 is 37.4 Å². The smallest absolute Gasteiger partial charge is 0.414 e. The van der Waals surface area contributed by atoms with Gasteiger partial charge in [-0.15, -0.1) is 0 Å². The summed E-state index contributed by atoms with van der Waals surface area (Å²) in [6.45, 7) is 10.8. The van der Waals surface area contributed by atoms with Crippen LogP contribution in [0.1, 0.15) is 99.8 Å². The van der Waals surface area contributed by atoms with Crippen LogP contribution in [0.2, 0.25) is 5.02 Å². The second-order valence-electron chi connectivity index (χ2n) is 16.5. The number of nitrogens with one attached hydrogen (secondary N) is 1. The zero-order valence-corrected chi connectivity index (χ0v) is 30.6.